The van der Waals surface area contributed by atoms with Crippen LogP contribution in [-0.4, -0.2) is 72.1 Å². The molecule has 0 saturated carbocycles. The van der Waals surface area contributed by atoms with E-state index < -0.39 is 24.3 Å². The molecular weight excluding hydrogens is 634 g/mol. The number of likely N-dealkylation sites (tertiary alicyclic amines) is 1. The van der Waals surface area contributed by atoms with Crippen LogP contribution in [0, 0.1) is 0 Å². The Hall–Kier alpha value is -4.58. The van der Waals surface area contributed by atoms with E-state index in [1.807, 2.05) is 97.1 Å². The van der Waals surface area contributed by atoms with Gasteiger partial charge in [0, 0.05) is 44.6 Å². The van der Waals surface area contributed by atoms with Crippen molar-refractivity contribution in [2.24, 2.45) is 0 Å². The summed E-state index contributed by atoms with van der Waals surface area (Å²) in [5.41, 5.74) is 6.52. The molecule has 6 rings (SSSR count). The normalized spacial score (nSPS) is 21.3. The molecule has 4 N–H and O–H groups in total. The SMILES string of the molecule is COC(=O)[C@H](Cc1ccccc1)NC(=O)NCc1cccc(-c2cccc([C@H]3O[C@@H](CN4CC[C@H](O)C4)C[C@@H](c4ccc(CO)cc4)O3)c2)c1. The van der Waals surface area contributed by atoms with E-state index in [0.717, 1.165) is 51.9 Å². The fraction of sp³-hybridized carbons (Fsp3) is 0.350. The van der Waals surface area contributed by atoms with Crippen molar-refractivity contribution in [1.29, 1.82) is 0 Å². The van der Waals surface area contributed by atoms with E-state index >= 15 is 0 Å². The van der Waals surface area contributed by atoms with Gasteiger partial charge in [0.2, 0.25) is 0 Å². The number of β-amino-alcohol motifs (C(OH)–C–C–N with tert-alkyl or cyclic N) is 1. The third-order valence-corrected chi connectivity index (χ3v) is 9.27. The number of hydrogen-bond acceptors (Lipinski definition) is 8. The highest BCUT2D eigenvalue weighted by Crippen LogP contribution is 2.39. The second kappa shape index (κ2) is 16.9. The van der Waals surface area contributed by atoms with Crippen LogP contribution in [0.5, 0.6) is 0 Å². The van der Waals surface area contributed by atoms with Crippen molar-refractivity contribution in [2.45, 2.75) is 63.1 Å². The van der Waals surface area contributed by atoms with Gasteiger partial charge in [-0.05, 0) is 51.9 Å². The van der Waals surface area contributed by atoms with Crippen LogP contribution in [0.4, 0.5) is 4.79 Å². The molecule has 2 fully saturated rings. The molecule has 2 heterocycles. The monoisotopic (exact) mass is 679 g/mol. The van der Waals surface area contributed by atoms with Crippen molar-refractivity contribution in [3.8, 4) is 11.1 Å². The summed E-state index contributed by atoms with van der Waals surface area (Å²) in [7, 11) is 1.31. The third kappa shape index (κ3) is 9.35. The standard InChI is InChI=1S/C40H45N3O7/c1-48-38(46)36(20-27-7-3-2-4-8-27)42-40(47)41-23-29-9-5-10-31(19-29)32-11-6-12-33(21-32)39-49-35(25-43-18-17-34(45)24-43)22-37(50-39)30-15-13-28(26-44)14-16-30/h2-16,19,21,34-37,39,44-45H,17-18,20,22-26H2,1H3,(H2,41,42,47)/t34-,35+,36-,37-,39-/m0/s1. The first kappa shape index (κ1) is 35.3. The van der Waals surface area contributed by atoms with E-state index in [1.54, 1.807) is 0 Å². The first-order chi connectivity index (χ1) is 24.4. The Morgan fingerprint density at radius 2 is 1.62 bits per heavy atom. The number of hydrogen-bond donors (Lipinski definition) is 4. The largest absolute Gasteiger partial charge is 0.467 e. The summed E-state index contributed by atoms with van der Waals surface area (Å²) in [6, 6.07) is 32.1. The average Bonchev–Trinajstić information content (AvgIpc) is 3.57. The molecule has 2 saturated heterocycles. The number of nitrogens with one attached hydrogen (secondary N) is 2. The molecule has 0 bridgehead atoms. The van der Waals surface area contributed by atoms with E-state index in [0.29, 0.717) is 25.9 Å². The van der Waals surface area contributed by atoms with Crippen molar-refractivity contribution in [1.82, 2.24) is 15.5 Å². The summed E-state index contributed by atoms with van der Waals surface area (Å²) in [6.45, 7) is 2.43. The Morgan fingerprint density at radius 1 is 0.880 bits per heavy atom. The molecule has 50 heavy (non-hydrogen) atoms. The molecule has 2 aliphatic heterocycles. The highest BCUT2D eigenvalue weighted by Gasteiger charge is 2.34. The number of nitrogens with zero attached hydrogens (tertiary/aromatic N) is 1. The van der Waals surface area contributed by atoms with Crippen molar-refractivity contribution >= 4 is 12.0 Å². The van der Waals surface area contributed by atoms with E-state index in [9.17, 15) is 19.8 Å². The molecule has 0 spiro atoms. The molecule has 0 radical (unpaired) electrons. The number of esters is 1. The fourth-order valence-electron chi connectivity index (χ4n) is 6.60. The molecule has 0 aliphatic carbocycles. The summed E-state index contributed by atoms with van der Waals surface area (Å²) in [4.78, 5) is 27.5. The number of methoxy groups -OCH3 is 1. The Kier molecular flexibility index (Phi) is 11.9. The van der Waals surface area contributed by atoms with Crippen molar-refractivity contribution < 1.29 is 34.0 Å². The summed E-state index contributed by atoms with van der Waals surface area (Å²) in [5.74, 6) is -0.510. The van der Waals surface area contributed by atoms with Gasteiger partial charge in [0.1, 0.15) is 6.04 Å². The molecule has 0 unspecified atom stereocenters. The van der Waals surface area contributed by atoms with Crippen LogP contribution in [0.3, 0.4) is 0 Å². The van der Waals surface area contributed by atoms with Gasteiger partial charge in [-0.1, -0.05) is 91.0 Å². The lowest BCUT2D eigenvalue weighted by atomic mass is 9.98. The topological polar surface area (TPSA) is 130 Å². The summed E-state index contributed by atoms with van der Waals surface area (Å²) < 4.78 is 18.1. The number of amides is 2. The number of benzene rings is 4. The zero-order chi connectivity index (χ0) is 34.9. The van der Waals surface area contributed by atoms with Crippen LogP contribution in [-0.2, 0) is 38.6 Å². The molecular formula is C40H45N3O7. The molecule has 2 aliphatic rings. The minimum Gasteiger partial charge on any atom is -0.467 e. The van der Waals surface area contributed by atoms with Gasteiger partial charge in [-0.15, -0.1) is 0 Å². The Morgan fingerprint density at radius 3 is 2.34 bits per heavy atom. The summed E-state index contributed by atoms with van der Waals surface area (Å²) >= 11 is 0. The predicted molar refractivity (Wildman–Crippen MR) is 189 cm³/mol. The maximum atomic E-state index is 12.8. The van der Waals surface area contributed by atoms with Crippen LogP contribution < -0.4 is 10.6 Å². The van der Waals surface area contributed by atoms with Gasteiger partial charge in [0.15, 0.2) is 6.29 Å². The van der Waals surface area contributed by atoms with E-state index in [2.05, 4.69) is 21.6 Å². The van der Waals surface area contributed by atoms with Crippen molar-refractivity contribution in [3.63, 3.8) is 0 Å². The van der Waals surface area contributed by atoms with Crippen molar-refractivity contribution in [3.05, 3.63) is 131 Å². The Bertz CT molecular complexity index is 1720. The van der Waals surface area contributed by atoms with Gasteiger partial charge in [-0.2, -0.15) is 0 Å². The van der Waals surface area contributed by atoms with Gasteiger partial charge in [-0.25, -0.2) is 9.59 Å². The highest BCUT2D eigenvalue weighted by atomic mass is 16.7. The Labute approximate surface area is 293 Å². The Balaban J connectivity index is 1.13. The second-order valence-corrected chi connectivity index (χ2v) is 13.0. The van der Waals surface area contributed by atoms with Gasteiger partial charge in [-0.3, -0.25) is 4.90 Å². The first-order valence-electron chi connectivity index (χ1n) is 17.1. The van der Waals surface area contributed by atoms with E-state index in [4.69, 9.17) is 14.2 Å². The van der Waals surface area contributed by atoms with Gasteiger partial charge in [0.25, 0.3) is 0 Å². The van der Waals surface area contributed by atoms with E-state index in [1.165, 1.54) is 7.11 Å². The van der Waals surface area contributed by atoms with Crippen LogP contribution in [0.2, 0.25) is 0 Å². The number of rotatable bonds is 12. The average molecular weight is 680 g/mol. The first-order valence-corrected chi connectivity index (χ1v) is 17.1. The number of ether oxygens (including phenoxy) is 3. The number of urea groups is 1. The molecule has 5 atom stereocenters. The van der Waals surface area contributed by atoms with Gasteiger partial charge >= 0.3 is 12.0 Å². The lowest BCUT2D eigenvalue weighted by Crippen LogP contribution is -2.47. The quantitative estimate of drug-likeness (QED) is 0.153. The summed E-state index contributed by atoms with van der Waals surface area (Å²) in [6.07, 6.45) is 0.558. The highest BCUT2D eigenvalue weighted by molar-refractivity contribution is 5.83. The fourth-order valence-corrected chi connectivity index (χ4v) is 6.60. The number of carbonyl (C=O) groups is 2. The van der Waals surface area contributed by atoms with Crippen LogP contribution in [0.15, 0.2) is 103 Å². The minimum absolute atomic E-state index is 0.0146. The summed E-state index contributed by atoms with van der Waals surface area (Å²) in [5, 5.41) is 25.3. The molecule has 2 amide bonds. The van der Waals surface area contributed by atoms with E-state index in [-0.39, 0.29) is 31.5 Å². The number of carbonyl (C=O) groups excluding carboxylic acids is 2. The third-order valence-electron chi connectivity index (χ3n) is 9.27. The second-order valence-electron chi connectivity index (χ2n) is 13.0. The molecule has 10 heteroatoms. The molecule has 0 aromatic heterocycles. The number of aliphatic hydroxyl groups is 2. The lowest BCUT2D eigenvalue weighted by molar-refractivity contribution is -0.252. The molecule has 4 aromatic rings. The van der Waals surface area contributed by atoms with Gasteiger partial charge < -0.3 is 35.1 Å². The predicted octanol–water partition coefficient (Wildman–Crippen LogP) is 5.04. The maximum absolute atomic E-state index is 12.8. The lowest BCUT2D eigenvalue weighted by Gasteiger charge is -2.38. The van der Waals surface area contributed by atoms with Crippen LogP contribution in [0.1, 0.15) is 53.1 Å². The number of aliphatic hydroxyl groups excluding tert-OH is 2. The molecule has 262 valence electrons. The van der Waals surface area contributed by atoms with Crippen molar-refractivity contribution in [2.75, 3.05) is 26.7 Å². The smallest absolute Gasteiger partial charge is 0.328 e. The molecule has 4 aromatic carbocycles. The van der Waals surface area contributed by atoms with Gasteiger partial charge in [0.05, 0.1) is 32.0 Å². The van der Waals surface area contributed by atoms with Crippen LogP contribution >= 0.6 is 0 Å². The maximum Gasteiger partial charge on any atom is 0.328 e. The zero-order valence-electron chi connectivity index (χ0n) is 28.2. The minimum atomic E-state index is -0.818. The van der Waals surface area contributed by atoms with Crippen LogP contribution in [0.25, 0.3) is 11.1 Å². The zero-order valence-corrected chi connectivity index (χ0v) is 28.2. The molecule has 10 nitrogen and oxygen atoms in total.